The van der Waals surface area contributed by atoms with E-state index in [1.807, 2.05) is 39.1 Å². The third-order valence-electron chi connectivity index (χ3n) is 6.42. The standard InChI is InChI=1S/C26H36BrN3O5/c1-6-7-20(19-8-10-21(27)11-9-19)15-28-18(4)22-14-26(34-12-13-35-26)16-30(22)24(31)23(17(2)3)29-25(32)33-5/h8-11,15,17,22-23H,6-7,12-14,16H2,1-5H3,(H,29,32)/b20-15+,28-18?/t22-,23-/m0/s1. The van der Waals surface area contributed by atoms with Crippen LogP contribution in [0.4, 0.5) is 4.79 Å². The first-order chi connectivity index (χ1) is 16.7. The van der Waals surface area contributed by atoms with Gasteiger partial charge in [-0.2, -0.15) is 0 Å². The fourth-order valence-electron chi connectivity index (χ4n) is 4.51. The smallest absolute Gasteiger partial charge is 0.407 e. The Bertz CT molecular complexity index is 954. The summed E-state index contributed by atoms with van der Waals surface area (Å²) >= 11 is 3.49. The van der Waals surface area contributed by atoms with E-state index in [4.69, 9.17) is 19.2 Å². The van der Waals surface area contributed by atoms with Crippen LogP contribution in [-0.2, 0) is 19.0 Å². The first-order valence-electron chi connectivity index (χ1n) is 12.1. The normalized spacial score (nSPS) is 21.0. The van der Waals surface area contributed by atoms with Crippen LogP contribution in [0.1, 0.15) is 52.5 Å². The summed E-state index contributed by atoms with van der Waals surface area (Å²) in [6, 6.07) is 7.14. The molecule has 35 heavy (non-hydrogen) atoms. The monoisotopic (exact) mass is 549 g/mol. The molecule has 2 amide bonds. The van der Waals surface area contributed by atoms with Gasteiger partial charge in [-0.1, -0.05) is 55.3 Å². The van der Waals surface area contributed by atoms with Crippen molar-refractivity contribution in [3.05, 3.63) is 40.5 Å². The highest BCUT2D eigenvalue weighted by molar-refractivity contribution is 9.10. The van der Waals surface area contributed by atoms with Crippen LogP contribution in [0.5, 0.6) is 0 Å². The van der Waals surface area contributed by atoms with Crippen molar-refractivity contribution in [2.45, 2.75) is 64.8 Å². The summed E-state index contributed by atoms with van der Waals surface area (Å²) in [5, 5.41) is 2.68. The second-order valence-corrected chi connectivity index (χ2v) is 10.2. The molecule has 1 aromatic rings. The Hall–Kier alpha value is -2.23. The van der Waals surface area contributed by atoms with E-state index in [1.54, 1.807) is 4.90 Å². The maximum absolute atomic E-state index is 13.7. The molecule has 1 aromatic carbocycles. The van der Waals surface area contributed by atoms with Gasteiger partial charge in [0.1, 0.15) is 6.04 Å². The summed E-state index contributed by atoms with van der Waals surface area (Å²) in [5.74, 6) is -1.17. The molecule has 2 fully saturated rings. The second-order valence-electron chi connectivity index (χ2n) is 9.33. The van der Waals surface area contributed by atoms with Gasteiger partial charge < -0.3 is 24.4 Å². The number of hydrogen-bond donors (Lipinski definition) is 1. The molecular formula is C26H36BrN3O5. The Morgan fingerprint density at radius 2 is 1.94 bits per heavy atom. The first-order valence-corrected chi connectivity index (χ1v) is 12.9. The maximum atomic E-state index is 13.7. The molecule has 2 aliphatic rings. The summed E-state index contributed by atoms with van der Waals surface area (Å²) in [5.41, 5.74) is 3.04. The minimum atomic E-state index is -0.842. The van der Waals surface area contributed by atoms with Crippen LogP contribution in [0.25, 0.3) is 5.57 Å². The average Bonchev–Trinajstić information content (AvgIpc) is 3.46. The highest BCUT2D eigenvalue weighted by atomic mass is 79.9. The fourth-order valence-corrected chi connectivity index (χ4v) is 4.77. The van der Waals surface area contributed by atoms with E-state index in [2.05, 4.69) is 40.3 Å². The van der Waals surface area contributed by atoms with Crippen LogP contribution in [0.3, 0.4) is 0 Å². The van der Waals surface area contributed by atoms with Crippen molar-refractivity contribution in [2.75, 3.05) is 26.9 Å². The van der Waals surface area contributed by atoms with Crippen LogP contribution in [0.2, 0.25) is 0 Å². The molecule has 2 aliphatic heterocycles. The number of methoxy groups -OCH3 is 1. The predicted molar refractivity (Wildman–Crippen MR) is 139 cm³/mol. The number of nitrogens with one attached hydrogen (secondary N) is 1. The molecule has 8 nitrogen and oxygen atoms in total. The summed E-state index contributed by atoms with van der Waals surface area (Å²) in [4.78, 5) is 32.1. The van der Waals surface area contributed by atoms with Crippen molar-refractivity contribution in [3.8, 4) is 0 Å². The summed E-state index contributed by atoms with van der Waals surface area (Å²) in [6.07, 6.45) is 3.64. The lowest BCUT2D eigenvalue weighted by Gasteiger charge is -2.30. The van der Waals surface area contributed by atoms with Crippen LogP contribution in [0.15, 0.2) is 39.9 Å². The molecular weight excluding hydrogens is 514 g/mol. The molecule has 3 rings (SSSR count). The topological polar surface area (TPSA) is 89.5 Å². The van der Waals surface area contributed by atoms with Gasteiger partial charge >= 0.3 is 6.09 Å². The second kappa shape index (κ2) is 12.1. The number of aliphatic imine (C=N–C) groups is 1. The molecule has 0 radical (unpaired) electrons. The van der Waals surface area contributed by atoms with Gasteiger partial charge in [0, 0.05) is 22.8 Å². The van der Waals surface area contributed by atoms with Crippen molar-refractivity contribution >= 4 is 39.2 Å². The van der Waals surface area contributed by atoms with Crippen molar-refractivity contribution < 1.29 is 23.8 Å². The van der Waals surface area contributed by atoms with E-state index in [0.29, 0.717) is 19.6 Å². The third-order valence-corrected chi connectivity index (χ3v) is 6.95. The van der Waals surface area contributed by atoms with Gasteiger partial charge in [-0.15, -0.1) is 0 Å². The van der Waals surface area contributed by atoms with Gasteiger partial charge in [0.2, 0.25) is 5.91 Å². The average molecular weight is 550 g/mol. The molecule has 0 bridgehead atoms. The van der Waals surface area contributed by atoms with Crippen LogP contribution in [0, 0.1) is 5.92 Å². The number of allylic oxidation sites excluding steroid dienone is 1. The lowest BCUT2D eigenvalue weighted by atomic mass is 10.0. The minimum Gasteiger partial charge on any atom is -0.453 e. The van der Waals surface area contributed by atoms with Gasteiger partial charge in [0.15, 0.2) is 5.79 Å². The van der Waals surface area contributed by atoms with Crippen molar-refractivity contribution in [2.24, 2.45) is 10.9 Å². The Balaban J connectivity index is 1.91. The number of likely N-dealkylation sites (tertiary alicyclic amines) is 1. The SMILES string of the molecule is CCC/C(=C\N=C(C)[C@@H]1CC2(CN1C(=O)[C@@H](NC(=O)OC)C(C)C)OCCO2)c1ccc(Br)cc1. The maximum Gasteiger partial charge on any atom is 0.407 e. The number of carbonyl (C=O) groups excluding carboxylic acids is 2. The van der Waals surface area contributed by atoms with Gasteiger partial charge in [-0.3, -0.25) is 9.79 Å². The predicted octanol–water partition coefficient (Wildman–Crippen LogP) is 4.78. The number of rotatable bonds is 8. The summed E-state index contributed by atoms with van der Waals surface area (Å²) < 4.78 is 17.7. The molecule has 0 aliphatic carbocycles. The van der Waals surface area contributed by atoms with Crippen LogP contribution >= 0.6 is 15.9 Å². The highest BCUT2D eigenvalue weighted by Crippen LogP contribution is 2.36. The number of benzene rings is 1. The summed E-state index contributed by atoms with van der Waals surface area (Å²) in [7, 11) is 1.29. The molecule has 2 saturated heterocycles. The molecule has 0 aromatic heterocycles. The van der Waals surface area contributed by atoms with Crippen molar-refractivity contribution in [1.29, 1.82) is 0 Å². The minimum absolute atomic E-state index is 0.130. The zero-order chi connectivity index (χ0) is 25.6. The zero-order valence-electron chi connectivity index (χ0n) is 21.2. The number of nitrogens with zero attached hydrogens (tertiary/aromatic N) is 2. The molecule has 1 spiro atoms. The van der Waals surface area contributed by atoms with E-state index >= 15 is 0 Å². The fraction of sp³-hybridized carbons (Fsp3) is 0.577. The molecule has 0 unspecified atom stereocenters. The van der Waals surface area contributed by atoms with Gasteiger partial charge in [0.05, 0.1) is 32.9 Å². The van der Waals surface area contributed by atoms with E-state index in [0.717, 1.165) is 34.2 Å². The lowest BCUT2D eigenvalue weighted by molar-refractivity contribution is -0.153. The zero-order valence-corrected chi connectivity index (χ0v) is 22.8. The highest BCUT2D eigenvalue weighted by Gasteiger charge is 2.52. The number of alkyl carbamates (subject to hydrolysis) is 1. The van der Waals surface area contributed by atoms with Crippen molar-refractivity contribution in [1.82, 2.24) is 10.2 Å². The van der Waals surface area contributed by atoms with E-state index in [1.165, 1.54) is 7.11 Å². The Kier molecular flexibility index (Phi) is 9.49. The number of amides is 2. The van der Waals surface area contributed by atoms with Gasteiger partial charge in [0.25, 0.3) is 0 Å². The number of carbonyl (C=O) groups is 2. The number of hydrogen-bond acceptors (Lipinski definition) is 6. The van der Waals surface area contributed by atoms with Crippen LogP contribution in [-0.4, -0.2) is 67.4 Å². The molecule has 192 valence electrons. The quantitative estimate of drug-likeness (QED) is 0.471. The first kappa shape index (κ1) is 27.4. The molecule has 1 N–H and O–H groups in total. The van der Waals surface area contributed by atoms with E-state index < -0.39 is 17.9 Å². The van der Waals surface area contributed by atoms with E-state index in [9.17, 15) is 9.59 Å². The largest absolute Gasteiger partial charge is 0.453 e. The van der Waals surface area contributed by atoms with Crippen LogP contribution < -0.4 is 5.32 Å². The van der Waals surface area contributed by atoms with E-state index in [-0.39, 0.29) is 24.4 Å². The lowest BCUT2D eigenvalue weighted by Crippen LogP contribution is -2.54. The molecule has 0 saturated carbocycles. The number of ether oxygens (including phenoxy) is 3. The van der Waals surface area contributed by atoms with Crippen molar-refractivity contribution in [3.63, 3.8) is 0 Å². The van der Waals surface area contributed by atoms with Gasteiger partial charge in [-0.25, -0.2) is 4.79 Å². The molecule has 2 heterocycles. The Labute approximate surface area is 216 Å². The Morgan fingerprint density at radius 3 is 2.51 bits per heavy atom. The summed E-state index contributed by atoms with van der Waals surface area (Å²) in [6.45, 7) is 9.11. The third kappa shape index (κ3) is 6.71. The molecule has 9 heteroatoms. The Morgan fingerprint density at radius 1 is 1.29 bits per heavy atom. The van der Waals surface area contributed by atoms with Gasteiger partial charge in [-0.05, 0) is 42.5 Å². The number of halogens is 1. The molecule has 2 atom stereocenters.